The van der Waals surface area contributed by atoms with Crippen LogP contribution in [-0.4, -0.2) is 24.3 Å². The zero-order valence-electron chi connectivity index (χ0n) is 13.0. The Hall–Kier alpha value is -2.57. The molecular formula is C17H15Cl2N3O3. The second-order valence-electron chi connectivity index (χ2n) is 5.09. The number of carbonyl (C=O) groups is 3. The van der Waals surface area contributed by atoms with Crippen molar-refractivity contribution in [1.29, 1.82) is 0 Å². The van der Waals surface area contributed by atoms with E-state index in [1.807, 2.05) is 0 Å². The Morgan fingerprint density at radius 3 is 2.20 bits per heavy atom. The number of hydrogen-bond acceptors (Lipinski definition) is 3. The maximum Gasteiger partial charge on any atom is 0.257 e. The van der Waals surface area contributed by atoms with Gasteiger partial charge in [-0.2, -0.15) is 0 Å². The number of halogens is 2. The van der Waals surface area contributed by atoms with E-state index in [9.17, 15) is 14.4 Å². The fourth-order valence-corrected chi connectivity index (χ4v) is 2.22. The zero-order chi connectivity index (χ0) is 18.2. The molecule has 0 aliphatic rings. The van der Waals surface area contributed by atoms with E-state index >= 15 is 0 Å². The number of carbonyl (C=O) groups excluding carboxylic acids is 3. The van der Waals surface area contributed by atoms with Gasteiger partial charge in [-0.15, -0.1) is 0 Å². The third kappa shape index (κ3) is 6.45. The van der Waals surface area contributed by atoms with Crippen LogP contribution in [0.5, 0.6) is 0 Å². The zero-order valence-corrected chi connectivity index (χ0v) is 14.5. The average molecular weight is 380 g/mol. The first-order valence-corrected chi connectivity index (χ1v) is 8.05. The molecule has 25 heavy (non-hydrogen) atoms. The molecule has 0 atom stereocenters. The molecule has 3 amide bonds. The third-order valence-electron chi connectivity index (χ3n) is 3.12. The van der Waals surface area contributed by atoms with Gasteiger partial charge in [-0.25, -0.2) is 0 Å². The Bertz CT molecular complexity index is 779. The topological polar surface area (TPSA) is 87.3 Å². The van der Waals surface area contributed by atoms with Crippen molar-refractivity contribution in [2.45, 2.75) is 6.42 Å². The Kier molecular flexibility index (Phi) is 6.80. The van der Waals surface area contributed by atoms with Crippen LogP contribution in [0.25, 0.3) is 0 Å². The molecule has 0 heterocycles. The van der Waals surface area contributed by atoms with Crippen molar-refractivity contribution in [3.63, 3.8) is 0 Å². The average Bonchev–Trinajstić information content (AvgIpc) is 2.60. The molecule has 8 heteroatoms. The van der Waals surface area contributed by atoms with Crippen molar-refractivity contribution in [3.8, 4) is 0 Å². The molecule has 3 N–H and O–H groups in total. The summed E-state index contributed by atoms with van der Waals surface area (Å²) in [6.45, 7) is -0.285. The summed E-state index contributed by atoms with van der Waals surface area (Å²) in [5.74, 6) is -1.39. The first-order chi connectivity index (χ1) is 11.9. The number of hydrogen-bond donors (Lipinski definition) is 3. The molecule has 2 rings (SSSR count). The van der Waals surface area contributed by atoms with Crippen LogP contribution in [0.1, 0.15) is 15.9 Å². The Morgan fingerprint density at radius 1 is 0.840 bits per heavy atom. The molecule has 130 valence electrons. The van der Waals surface area contributed by atoms with E-state index in [0.717, 1.165) is 5.56 Å². The van der Waals surface area contributed by atoms with Crippen molar-refractivity contribution in [2.75, 3.05) is 6.54 Å². The highest BCUT2D eigenvalue weighted by Gasteiger charge is 2.09. The van der Waals surface area contributed by atoms with Crippen LogP contribution in [0.15, 0.2) is 48.5 Å². The van der Waals surface area contributed by atoms with Crippen LogP contribution in [0.3, 0.4) is 0 Å². The van der Waals surface area contributed by atoms with E-state index in [-0.39, 0.29) is 13.0 Å². The number of benzene rings is 2. The van der Waals surface area contributed by atoms with Gasteiger partial charge < -0.3 is 5.32 Å². The molecule has 0 spiro atoms. The monoisotopic (exact) mass is 379 g/mol. The van der Waals surface area contributed by atoms with E-state index in [1.165, 1.54) is 6.07 Å². The summed E-state index contributed by atoms with van der Waals surface area (Å²) in [5, 5.41) is 3.43. The lowest BCUT2D eigenvalue weighted by atomic mass is 10.1. The number of amides is 3. The highest BCUT2D eigenvalue weighted by atomic mass is 35.5. The summed E-state index contributed by atoms with van der Waals surface area (Å²) in [4.78, 5) is 35.3. The molecule has 0 radical (unpaired) electrons. The molecule has 0 saturated carbocycles. The smallest absolute Gasteiger partial charge is 0.257 e. The minimum absolute atomic E-state index is 0.0896. The molecule has 0 fully saturated rings. The fraction of sp³-hybridized carbons (Fsp3) is 0.118. The van der Waals surface area contributed by atoms with Crippen LogP contribution in [0, 0.1) is 0 Å². The van der Waals surface area contributed by atoms with Crippen LogP contribution >= 0.6 is 23.2 Å². The largest absolute Gasteiger partial charge is 0.343 e. The summed E-state index contributed by atoms with van der Waals surface area (Å²) in [6.07, 6.45) is 0.0896. The van der Waals surface area contributed by atoms with Crippen LogP contribution in [0.2, 0.25) is 10.0 Å². The van der Waals surface area contributed by atoms with Gasteiger partial charge in [0.05, 0.1) is 13.0 Å². The Labute approximate surface area is 154 Å². The first-order valence-electron chi connectivity index (χ1n) is 7.30. The van der Waals surface area contributed by atoms with Crippen molar-refractivity contribution in [3.05, 3.63) is 69.7 Å². The van der Waals surface area contributed by atoms with Gasteiger partial charge in [0, 0.05) is 15.6 Å². The molecule has 6 nitrogen and oxygen atoms in total. The van der Waals surface area contributed by atoms with Gasteiger partial charge in [0.15, 0.2) is 0 Å². The first kappa shape index (κ1) is 18.8. The minimum Gasteiger partial charge on any atom is -0.343 e. The van der Waals surface area contributed by atoms with Gasteiger partial charge in [-0.3, -0.25) is 25.2 Å². The SMILES string of the molecule is O=C(CNC(=O)c1cccc(Cl)c1)NNC(=O)Cc1ccc(Cl)cc1. The van der Waals surface area contributed by atoms with Crippen molar-refractivity contribution < 1.29 is 14.4 Å². The molecule has 0 saturated heterocycles. The molecule has 0 bridgehead atoms. The Balaban J connectivity index is 1.72. The van der Waals surface area contributed by atoms with Crippen molar-refractivity contribution in [2.24, 2.45) is 0 Å². The van der Waals surface area contributed by atoms with E-state index in [4.69, 9.17) is 23.2 Å². The van der Waals surface area contributed by atoms with Gasteiger partial charge in [-0.05, 0) is 35.9 Å². The predicted molar refractivity (Wildman–Crippen MR) is 95.2 cm³/mol. The van der Waals surface area contributed by atoms with Crippen LogP contribution in [0.4, 0.5) is 0 Å². The quantitative estimate of drug-likeness (QED) is 0.695. The highest BCUT2D eigenvalue weighted by molar-refractivity contribution is 6.31. The van der Waals surface area contributed by atoms with Crippen molar-refractivity contribution in [1.82, 2.24) is 16.2 Å². The maximum absolute atomic E-state index is 11.9. The summed E-state index contributed by atoms with van der Waals surface area (Å²) >= 11 is 11.6. The molecular weight excluding hydrogens is 365 g/mol. The number of hydrazine groups is 1. The lowest BCUT2D eigenvalue weighted by molar-refractivity contribution is -0.128. The summed E-state index contributed by atoms with van der Waals surface area (Å²) < 4.78 is 0. The second-order valence-corrected chi connectivity index (χ2v) is 5.97. The standard InChI is InChI=1S/C17H15Cl2N3O3/c18-13-6-4-11(5-7-13)8-15(23)21-22-16(24)10-20-17(25)12-2-1-3-14(19)9-12/h1-7,9H,8,10H2,(H,20,25)(H,21,23)(H,22,24). The second kappa shape index (κ2) is 9.05. The van der Waals surface area contributed by atoms with Gasteiger partial charge in [0.2, 0.25) is 5.91 Å². The molecule has 0 aliphatic heterocycles. The van der Waals surface area contributed by atoms with Gasteiger partial charge in [0.25, 0.3) is 11.8 Å². The van der Waals surface area contributed by atoms with E-state index in [0.29, 0.717) is 15.6 Å². The van der Waals surface area contributed by atoms with Gasteiger partial charge >= 0.3 is 0 Å². The van der Waals surface area contributed by atoms with E-state index in [2.05, 4.69) is 16.2 Å². The normalized spacial score (nSPS) is 10.0. The third-order valence-corrected chi connectivity index (χ3v) is 3.60. The molecule has 0 aliphatic carbocycles. The Morgan fingerprint density at radius 2 is 1.52 bits per heavy atom. The minimum atomic E-state index is -0.556. The van der Waals surface area contributed by atoms with Gasteiger partial charge in [0.1, 0.15) is 0 Å². The molecule has 2 aromatic carbocycles. The number of nitrogens with one attached hydrogen (secondary N) is 3. The molecule has 2 aromatic rings. The van der Waals surface area contributed by atoms with Crippen molar-refractivity contribution >= 4 is 40.9 Å². The lowest BCUT2D eigenvalue weighted by Crippen LogP contribution is -2.46. The van der Waals surface area contributed by atoms with Crippen LogP contribution in [-0.2, 0) is 16.0 Å². The fourth-order valence-electron chi connectivity index (χ4n) is 1.91. The predicted octanol–water partition coefficient (Wildman–Crippen LogP) is 2.11. The molecule has 0 aromatic heterocycles. The van der Waals surface area contributed by atoms with E-state index < -0.39 is 17.7 Å². The summed E-state index contributed by atoms with van der Waals surface area (Å²) in [5.41, 5.74) is 5.60. The van der Waals surface area contributed by atoms with Crippen LogP contribution < -0.4 is 16.2 Å². The highest BCUT2D eigenvalue weighted by Crippen LogP contribution is 2.10. The summed E-state index contributed by atoms with van der Waals surface area (Å²) in [7, 11) is 0. The maximum atomic E-state index is 11.9. The lowest BCUT2D eigenvalue weighted by Gasteiger charge is -2.09. The summed E-state index contributed by atoms with van der Waals surface area (Å²) in [6, 6.07) is 13.1. The van der Waals surface area contributed by atoms with E-state index in [1.54, 1.807) is 42.5 Å². The number of rotatable bonds is 5. The molecule has 0 unspecified atom stereocenters. The van der Waals surface area contributed by atoms with Gasteiger partial charge in [-0.1, -0.05) is 41.4 Å².